The van der Waals surface area contributed by atoms with E-state index in [1.54, 1.807) is 20.8 Å². The number of carbonyl (C=O) groups excluding carboxylic acids is 3. The summed E-state index contributed by atoms with van der Waals surface area (Å²) in [6, 6.07) is 14.8. The second-order valence-electron chi connectivity index (χ2n) is 9.14. The SMILES string of the molecule is C=CCOC(=O)CC(C(=O)OC(C)(C)C)N(C)C(=O)OCC1c2ccccc2-c2ccccc21. The number of rotatable bonds is 8. The molecule has 0 spiro atoms. The van der Waals surface area contributed by atoms with E-state index in [2.05, 4.69) is 18.7 Å². The van der Waals surface area contributed by atoms with E-state index in [0.29, 0.717) is 0 Å². The quantitative estimate of drug-likeness (QED) is 0.319. The first-order chi connectivity index (χ1) is 16.1. The van der Waals surface area contributed by atoms with Crippen LogP contribution in [0.3, 0.4) is 0 Å². The fourth-order valence-corrected chi connectivity index (χ4v) is 3.94. The number of amides is 1. The molecule has 0 N–H and O–H groups in total. The third kappa shape index (κ3) is 5.84. The van der Waals surface area contributed by atoms with Crippen LogP contribution in [-0.2, 0) is 23.8 Å². The Morgan fingerprint density at radius 3 is 2.09 bits per heavy atom. The van der Waals surface area contributed by atoms with Gasteiger partial charge in [0.05, 0.1) is 6.42 Å². The van der Waals surface area contributed by atoms with E-state index in [1.165, 1.54) is 13.1 Å². The van der Waals surface area contributed by atoms with Crippen molar-refractivity contribution in [3.05, 3.63) is 72.3 Å². The van der Waals surface area contributed by atoms with E-state index in [0.717, 1.165) is 27.2 Å². The second kappa shape index (κ2) is 10.5. The summed E-state index contributed by atoms with van der Waals surface area (Å²) >= 11 is 0. The Morgan fingerprint density at radius 2 is 1.56 bits per heavy atom. The highest BCUT2D eigenvalue weighted by Gasteiger charge is 2.35. The molecule has 0 aliphatic heterocycles. The van der Waals surface area contributed by atoms with Crippen molar-refractivity contribution in [1.82, 2.24) is 4.90 Å². The van der Waals surface area contributed by atoms with Crippen molar-refractivity contribution in [3.63, 3.8) is 0 Å². The largest absolute Gasteiger partial charge is 0.461 e. The number of carbonyl (C=O) groups is 3. The number of esters is 2. The number of ether oxygens (including phenoxy) is 3. The Hall–Kier alpha value is -3.61. The summed E-state index contributed by atoms with van der Waals surface area (Å²) in [5.41, 5.74) is 3.60. The van der Waals surface area contributed by atoms with Gasteiger partial charge in [0, 0.05) is 13.0 Å². The molecule has 0 saturated heterocycles. The summed E-state index contributed by atoms with van der Waals surface area (Å²) < 4.78 is 16.1. The third-order valence-corrected chi connectivity index (χ3v) is 5.49. The highest BCUT2D eigenvalue weighted by molar-refractivity contribution is 5.86. The standard InChI is InChI=1S/C27H31NO6/c1-6-15-32-24(29)16-23(25(30)34-27(2,3)4)28(5)26(31)33-17-22-20-13-9-7-11-18(20)19-12-8-10-14-21(19)22/h6-14,22-23H,1,15-17H2,2-5H3. The van der Waals surface area contributed by atoms with Crippen LogP contribution in [0.1, 0.15) is 44.2 Å². The highest BCUT2D eigenvalue weighted by Crippen LogP contribution is 2.44. The highest BCUT2D eigenvalue weighted by atomic mass is 16.6. The molecular formula is C27H31NO6. The number of nitrogens with zero attached hydrogens (tertiary/aromatic N) is 1. The number of benzene rings is 2. The van der Waals surface area contributed by atoms with Crippen LogP contribution in [0.4, 0.5) is 4.79 Å². The molecule has 1 unspecified atom stereocenters. The van der Waals surface area contributed by atoms with Crippen molar-refractivity contribution in [2.75, 3.05) is 20.3 Å². The van der Waals surface area contributed by atoms with Gasteiger partial charge in [0.25, 0.3) is 0 Å². The molecule has 3 rings (SSSR count). The molecule has 0 aromatic heterocycles. The van der Waals surface area contributed by atoms with Gasteiger partial charge >= 0.3 is 18.0 Å². The fraction of sp³-hybridized carbons (Fsp3) is 0.370. The van der Waals surface area contributed by atoms with Crippen molar-refractivity contribution in [2.24, 2.45) is 0 Å². The van der Waals surface area contributed by atoms with Crippen LogP contribution in [0.15, 0.2) is 61.2 Å². The van der Waals surface area contributed by atoms with Gasteiger partial charge in [-0.15, -0.1) is 0 Å². The number of hydrogen-bond donors (Lipinski definition) is 0. The van der Waals surface area contributed by atoms with E-state index in [9.17, 15) is 14.4 Å². The van der Waals surface area contributed by atoms with Crippen LogP contribution in [0, 0.1) is 0 Å². The number of hydrogen-bond acceptors (Lipinski definition) is 6. The first kappa shape index (κ1) is 25.0. The van der Waals surface area contributed by atoms with Gasteiger partial charge in [0.2, 0.25) is 0 Å². The minimum Gasteiger partial charge on any atom is -0.461 e. The normalized spacial score (nSPS) is 13.3. The molecule has 2 aromatic carbocycles. The maximum Gasteiger partial charge on any atom is 0.410 e. The van der Waals surface area contributed by atoms with Crippen LogP contribution in [0.5, 0.6) is 0 Å². The Balaban J connectivity index is 1.74. The van der Waals surface area contributed by atoms with Gasteiger partial charge in [-0.3, -0.25) is 9.69 Å². The maximum atomic E-state index is 13.0. The van der Waals surface area contributed by atoms with Gasteiger partial charge in [-0.2, -0.15) is 0 Å². The molecule has 0 fully saturated rings. The Bertz CT molecular complexity index is 1030. The predicted octanol–water partition coefficient (Wildman–Crippen LogP) is 4.70. The van der Waals surface area contributed by atoms with Gasteiger partial charge in [0.1, 0.15) is 24.9 Å². The molecule has 1 aliphatic rings. The zero-order valence-electron chi connectivity index (χ0n) is 20.1. The monoisotopic (exact) mass is 465 g/mol. The zero-order valence-corrected chi connectivity index (χ0v) is 20.1. The van der Waals surface area contributed by atoms with Crippen LogP contribution < -0.4 is 0 Å². The minimum absolute atomic E-state index is 0.00846. The van der Waals surface area contributed by atoms with Crippen molar-refractivity contribution in [3.8, 4) is 11.1 Å². The smallest absolute Gasteiger partial charge is 0.410 e. The Labute approximate surface area is 200 Å². The van der Waals surface area contributed by atoms with Crippen molar-refractivity contribution in [2.45, 2.75) is 44.8 Å². The van der Waals surface area contributed by atoms with Gasteiger partial charge in [-0.25, -0.2) is 9.59 Å². The van der Waals surface area contributed by atoms with E-state index >= 15 is 0 Å². The lowest BCUT2D eigenvalue weighted by atomic mass is 9.98. The topological polar surface area (TPSA) is 82.1 Å². The summed E-state index contributed by atoms with van der Waals surface area (Å²) in [6.45, 7) is 8.75. The molecular weight excluding hydrogens is 434 g/mol. The van der Waals surface area contributed by atoms with Crippen LogP contribution in [-0.4, -0.2) is 54.8 Å². The van der Waals surface area contributed by atoms with E-state index in [-0.39, 0.29) is 25.6 Å². The number of fused-ring (bicyclic) bond motifs is 3. The molecule has 2 aromatic rings. The van der Waals surface area contributed by atoms with E-state index in [4.69, 9.17) is 14.2 Å². The molecule has 0 saturated carbocycles. The van der Waals surface area contributed by atoms with Gasteiger partial charge in [0.15, 0.2) is 0 Å². The minimum atomic E-state index is -1.19. The lowest BCUT2D eigenvalue weighted by molar-refractivity contribution is -0.164. The zero-order chi connectivity index (χ0) is 24.9. The second-order valence-corrected chi connectivity index (χ2v) is 9.14. The molecule has 1 amide bonds. The molecule has 0 heterocycles. The summed E-state index contributed by atoms with van der Waals surface area (Å²) in [5.74, 6) is -1.48. The van der Waals surface area contributed by atoms with Crippen LogP contribution in [0.25, 0.3) is 11.1 Å². The Morgan fingerprint density at radius 1 is 1.00 bits per heavy atom. The van der Waals surface area contributed by atoms with Gasteiger partial charge < -0.3 is 14.2 Å². The summed E-state index contributed by atoms with van der Waals surface area (Å²) in [4.78, 5) is 39.0. The molecule has 0 radical (unpaired) electrons. The summed E-state index contributed by atoms with van der Waals surface area (Å²) in [5, 5.41) is 0. The molecule has 34 heavy (non-hydrogen) atoms. The molecule has 7 heteroatoms. The molecule has 0 bridgehead atoms. The summed E-state index contributed by atoms with van der Waals surface area (Å²) in [7, 11) is 1.41. The van der Waals surface area contributed by atoms with Gasteiger partial charge in [-0.1, -0.05) is 61.2 Å². The van der Waals surface area contributed by atoms with E-state index < -0.39 is 29.7 Å². The van der Waals surface area contributed by atoms with Crippen molar-refractivity contribution >= 4 is 18.0 Å². The Kier molecular flexibility index (Phi) is 7.76. The lowest BCUT2D eigenvalue weighted by Gasteiger charge is -2.29. The fourth-order valence-electron chi connectivity index (χ4n) is 3.94. The molecule has 1 aliphatic carbocycles. The average molecular weight is 466 g/mol. The number of likely N-dealkylation sites (N-methyl/N-ethyl adjacent to an activating group) is 1. The summed E-state index contributed by atoms with van der Waals surface area (Å²) in [6.07, 6.45) is 0.341. The van der Waals surface area contributed by atoms with Crippen LogP contribution in [0.2, 0.25) is 0 Å². The molecule has 180 valence electrons. The molecule has 1 atom stereocenters. The predicted molar refractivity (Wildman–Crippen MR) is 128 cm³/mol. The van der Waals surface area contributed by atoms with Crippen LogP contribution >= 0.6 is 0 Å². The first-order valence-corrected chi connectivity index (χ1v) is 11.2. The van der Waals surface area contributed by atoms with Gasteiger partial charge in [-0.05, 0) is 43.0 Å². The van der Waals surface area contributed by atoms with Crippen molar-refractivity contribution < 1.29 is 28.6 Å². The third-order valence-electron chi connectivity index (χ3n) is 5.49. The lowest BCUT2D eigenvalue weighted by Crippen LogP contribution is -2.47. The molecule has 7 nitrogen and oxygen atoms in total. The maximum absolute atomic E-state index is 13.0. The van der Waals surface area contributed by atoms with E-state index in [1.807, 2.05) is 36.4 Å². The average Bonchev–Trinajstić information content (AvgIpc) is 3.11. The first-order valence-electron chi connectivity index (χ1n) is 11.2. The van der Waals surface area contributed by atoms with Crippen molar-refractivity contribution in [1.29, 1.82) is 0 Å².